The van der Waals surface area contributed by atoms with E-state index in [1.54, 1.807) is 35.8 Å². The Labute approximate surface area is 164 Å². The summed E-state index contributed by atoms with van der Waals surface area (Å²) < 4.78 is 24.6. The van der Waals surface area contributed by atoms with E-state index in [-0.39, 0.29) is 11.4 Å². The number of thiazole rings is 1. The van der Waals surface area contributed by atoms with Gasteiger partial charge in [-0.15, -0.1) is 11.3 Å². The van der Waals surface area contributed by atoms with Gasteiger partial charge in [0.25, 0.3) is 0 Å². The molecular weight excluding hydrogens is 385 g/mol. The van der Waals surface area contributed by atoms with E-state index in [4.69, 9.17) is 9.47 Å². The predicted molar refractivity (Wildman–Crippen MR) is 103 cm³/mol. The first kappa shape index (κ1) is 19.3. The Balaban J connectivity index is 1.71. The Morgan fingerprint density at radius 1 is 1.07 bits per heavy atom. The lowest BCUT2D eigenvalue weighted by molar-refractivity contribution is -0.123. The molecule has 3 aromatic rings. The molecule has 1 aromatic heterocycles. The maximum Gasteiger partial charge on any atom is 0.235 e. The molecule has 2 N–H and O–H groups in total. The quantitative estimate of drug-likeness (QED) is 0.583. The molecule has 1 heterocycles. The van der Waals surface area contributed by atoms with Crippen LogP contribution in [0, 0.1) is 5.82 Å². The normalized spacial score (nSPS) is 10.2. The van der Waals surface area contributed by atoms with Crippen LogP contribution < -0.4 is 20.1 Å². The summed E-state index contributed by atoms with van der Waals surface area (Å²) in [6.45, 7) is 0. The number of hydrogen-bond donors (Lipinski definition) is 2. The van der Waals surface area contributed by atoms with E-state index in [0.717, 1.165) is 6.07 Å². The van der Waals surface area contributed by atoms with Crippen LogP contribution in [-0.2, 0) is 9.59 Å². The number of carbonyl (C=O) groups excluding carboxylic acids is 2. The van der Waals surface area contributed by atoms with Gasteiger partial charge >= 0.3 is 0 Å². The summed E-state index contributed by atoms with van der Waals surface area (Å²) in [7, 11) is 1.48. The standard InChI is InChI=1S/C19H16FN3O4S/c1-26-14-4-2-3-5-15(14)27-16-10-12(20)6-7-13(16)22-17(24)11-18(25)23-19-21-8-9-28-19/h2-10H,11H2,1H3,(H,22,24)(H,21,23,25). The topological polar surface area (TPSA) is 89.5 Å². The molecule has 2 amide bonds. The number of aromatic nitrogens is 1. The molecule has 0 atom stereocenters. The smallest absolute Gasteiger partial charge is 0.235 e. The summed E-state index contributed by atoms with van der Waals surface area (Å²) in [6.07, 6.45) is 1.12. The van der Waals surface area contributed by atoms with Crippen molar-refractivity contribution in [1.29, 1.82) is 0 Å². The van der Waals surface area contributed by atoms with Crippen molar-refractivity contribution >= 4 is 34.0 Å². The van der Waals surface area contributed by atoms with Crippen LogP contribution in [-0.4, -0.2) is 23.9 Å². The lowest BCUT2D eigenvalue weighted by atomic mass is 10.2. The van der Waals surface area contributed by atoms with Crippen molar-refractivity contribution < 1.29 is 23.5 Å². The number of hydrogen-bond acceptors (Lipinski definition) is 6. The number of ether oxygens (including phenoxy) is 2. The number of nitrogens with one attached hydrogen (secondary N) is 2. The van der Waals surface area contributed by atoms with Gasteiger partial charge in [0.1, 0.15) is 12.2 Å². The van der Waals surface area contributed by atoms with Crippen LogP contribution in [0.25, 0.3) is 0 Å². The molecule has 7 nitrogen and oxygen atoms in total. The molecule has 3 rings (SSSR count). The third kappa shape index (κ3) is 5.04. The van der Waals surface area contributed by atoms with E-state index in [9.17, 15) is 14.0 Å². The Kier molecular flexibility index (Phi) is 6.18. The minimum absolute atomic E-state index is 0.0816. The highest BCUT2D eigenvalue weighted by Crippen LogP contribution is 2.35. The van der Waals surface area contributed by atoms with Crippen molar-refractivity contribution in [2.24, 2.45) is 0 Å². The third-order valence-electron chi connectivity index (χ3n) is 3.51. The maximum absolute atomic E-state index is 13.7. The van der Waals surface area contributed by atoms with E-state index in [2.05, 4.69) is 15.6 Å². The molecule has 9 heteroatoms. The second kappa shape index (κ2) is 8.96. The Morgan fingerprint density at radius 2 is 1.82 bits per heavy atom. The fourth-order valence-electron chi connectivity index (χ4n) is 2.29. The van der Waals surface area contributed by atoms with Gasteiger partial charge in [-0.1, -0.05) is 12.1 Å². The third-order valence-corrected chi connectivity index (χ3v) is 4.20. The molecule has 0 aliphatic heterocycles. The highest BCUT2D eigenvalue weighted by molar-refractivity contribution is 7.13. The van der Waals surface area contributed by atoms with Gasteiger partial charge in [-0.25, -0.2) is 9.37 Å². The number of anilines is 2. The van der Waals surface area contributed by atoms with Gasteiger partial charge < -0.3 is 20.1 Å². The first-order valence-electron chi connectivity index (χ1n) is 8.15. The van der Waals surface area contributed by atoms with E-state index in [1.807, 2.05) is 0 Å². The molecule has 0 aliphatic carbocycles. The minimum atomic E-state index is -0.578. The van der Waals surface area contributed by atoms with Gasteiger partial charge in [-0.05, 0) is 24.3 Å². The molecule has 144 valence electrons. The zero-order valence-corrected chi connectivity index (χ0v) is 15.6. The predicted octanol–water partition coefficient (Wildman–Crippen LogP) is 4.05. The lowest BCUT2D eigenvalue weighted by Gasteiger charge is -2.14. The van der Waals surface area contributed by atoms with Crippen molar-refractivity contribution in [1.82, 2.24) is 4.98 Å². The zero-order chi connectivity index (χ0) is 19.9. The number of benzene rings is 2. The average Bonchev–Trinajstić information content (AvgIpc) is 3.17. The van der Waals surface area contributed by atoms with Crippen LogP contribution in [0.5, 0.6) is 17.2 Å². The largest absolute Gasteiger partial charge is 0.493 e. The Hall–Kier alpha value is -3.46. The maximum atomic E-state index is 13.7. The van der Waals surface area contributed by atoms with Crippen LogP contribution in [0.15, 0.2) is 54.0 Å². The summed E-state index contributed by atoms with van der Waals surface area (Å²) in [5.74, 6) is -0.741. The van der Waals surface area contributed by atoms with Gasteiger partial charge in [0.05, 0.1) is 12.8 Å². The summed E-state index contributed by atoms with van der Waals surface area (Å²) >= 11 is 1.24. The van der Waals surface area contributed by atoms with Gasteiger partial charge in [-0.3, -0.25) is 9.59 Å². The summed E-state index contributed by atoms with van der Waals surface area (Å²) in [5, 5.41) is 7.18. The average molecular weight is 401 g/mol. The van der Waals surface area contributed by atoms with Gasteiger partial charge in [0.2, 0.25) is 11.8 Å². The number of para-hydroxylation sites is 2. The summed E-state index contributed by atoms with van der Waals surface area (Å²) in [4.78, 5) is 28.0. The van der Waals surface area contributed by atoms with Crippen LogP contribution in [0.4, 0.5) is 15.2 Å². The first-order chi connectivity index (χ1) is 13.5. The number of methoxy groups -OCH3 is 1. The molecule has 0 aliphatic rings. The highest BCUT2D eigenvalue weighted by atomic mass is 32.1. The van der Waals surface area contributed by atoms with Crippen molar-refractivity contribution in [3.8, 4) is 17.2 Å². The monoisotopic (exact) mass is 401 g/mol. The first-order valence-corrected chi connectivity index (χ1v) is 9.02. The van der Waals surface area contributed by atoms with Gasteiger partial charge in [0, 0.05) is 17.6 Å². The fraction of sp³-hybridized carbons (Fsp3) is 0.105. The number of rotatable bonds is 7. The lowest BCUT2D eigenvalue weighted by Crippen LogP contribution is -2.21. The number of amides is 2. The van der Waals surface area contributed by atoms with Crippen molar-refractivity contribution in [2.75, 3.05) is 17.7 Å². The minimum Gasteiger partial charge on any atom is -0.493 e. The summed E-state index contributed by atoms with van der Waals surface area (Å²) in [6, 6.07) is 10.5. The van der Waals surface area contributed by atoms with Crippen molar-refractivity contribution in [2.45, 2.75) is 6.42 Å². The number of carbonyl (C=O) groups is 2. The van der Waals surface area contributed by atoms with Crippen molar-refractivity contribution in [3.63, 3.8) is 0 Å². The van der Waals surface area contributed by atoms with Gasteiger partial charge in [0.15, 0.2) is 22.4 Å². The van der Waals surface area contributed by atoms with Crippen molar-refractivity contribution in [3.05, 3.63) is 59.9 Å². The molecule has 0 spiro atoms. The number of halogens is 1. The van der Waals surface area contributed by atoms with Crippen LogP contribution >= 0.6 is 11.3 Å². The SMILES string of the molecule is COc1ccccc1Oc1cc(F)ccc1NC(=O)CC(=O)Nc1nccs1. The van der Waals surface area contributed by atoms with Crippen LogP contribution in [0.3, 0.4) is 0 Å². The second-order valence-electron chi connectivity index (χ2n) is 5.50. The van der Waals surface area contributed by atoms with Crippen LogP contribution in [0.1, 0.15) is 6.42 Å². The second-order valence-corrected chi connectivity index (χ2v) is 6.40. The number of nitrogens with zero attached hydrogens (tertiary/aromatic N) is 1. The molecule has 0 radical (unpaired) electrons. The van der Waals surface area contributed by atoms with Gasteiger partial charge in [-0.2, -0.15) is 0 Å². The fourth-order valence-corrected chi connectivity index (χ4v) is 2.84. The zero-order valence-electron chi connectivity index (χ0n) is 14.8. The molecule has 0 saturated carbocycles. The Morgan fingerprint density at radius 3 is 2.54 bits per heavy atom. The molecular formula is C19H16FN3O4S. The highest BCUT2D eigenvalue weighted by Gasteiger charge is 2.15. The van der Waals surface area contributed by atoms with E-state index in [0.29, 0.717) is 16.6 Å². The molecule has 28 heavy (non-hydrogen) atoms. The van der Waals surface area contributed by atoms with Crippen LogP contribution in [0.2, 0.25) is 0 Å². The molecule has 0 saturated heterocycles. The van der Waals surface area contributed by atoms with E-state index >= 15 is 0 Å². The summed E-state index contributed by atoms with van der Waals surface area (Å²) in [5.41, 5.74) is 0.222. The molecule has 0 unspecified atom stereocenters. The molecule has 2 aromatic carbocycles. The van der Waals surface area contributed by atoms with E-state index < -0.39 is 24.1 Å². The molecule has 0 fully saturated rings. The Bertz CT molecular complexity index is 979. The molecule has 0 bridgehead atoms. The van der Waals surface area contributed by atoms with E-state index in [1.165, 1.54) is 30.6 Å².